The van der Waals surface area contributed by atoms with E-state index in [2.05, 4.69) is 546 Å². The summed E-state index contributed by atoms with van der Waals surface area (Å²) in [7, 11) is 0. The van der Waals surface area contributed by atoms with Crippen molar-refractivity contribution in [3.63, 3.8) is 0 Å². The van der Waals surface area contributed by atoms with Gasteiger partial charge in [-0.1, -0.05) is 359 Å². The Balaban J connectivity index is 0.000000126. The maximum atomic E-state index is 3.36. The molecule has 20 aromatic rings. The minimum atomic E-state index is 1.02. The summed E-state index contributed by atoms with van der Waals surface area (Å²) in [5.41, 5.74) is 38.8. The first-order chi connectivity index (χ1) is 65.9. The van der Waals surface area contributed by atoms with Gasteiger partial charge in [0.2, 0.25) is 0 Å². The molecule has 0 saturated carbocycles. The van der Waals surface area contributed by atoms with Crippen LogP contribution in [0.3, 0.4) is 0 Å². The highest BCUT2D eigenvalue weighted by Crippen LogP contribution is 2.40. The maximum absolute atomic E-state index is 3.36. The van der Waals surface area contributed by atoms with Gasteiger partial charge in [-0.25, -0.2) is 0 Å². The van der Waals surface area contributed by atoms with E-state index in [9.17, 15) is 0 Å². The van der Waals surface area contributed by atoms with Crippen molar-refractivity contribution in [1.82, 2.24) is 0 Å². The Bertz CT molecular complexity index is 7400. The third kappa shape index (κ3) is 21.7. The molecule has 0 aromatic heterocycles. The molecule has 0 saturated heterocycles. The van der Waals surface area contributed by atoms with Crippen LogP contribution in [0.1, 0.15) is 178 Å². The van der Waals surface area contributed by atoms with Crippen molar-refractivity contribution in [3.8, 4) is 47.4 Å². The van der Waals surface area contributed by atoms with Gasteiger partial charge in [0.25, 0.3) is 0 Å². The van der Waals surface area contributed by atoms with Crippen LogP contribution < -0.4 is 0 Å². The largest absolute Gasteiger partial charge is 0.0617 e. The van der Waals surface area contributed by atoms with Crippen LogP contribution in [-0.4, -0.2) is 0 Å². The molecule has 0 fully saturated rings. The minimum absolute atomic E-state index is 1.02. The summed E-state index contributed by atoms with van der Waals surface area (Å²) < 4.78 is 0. The van der Waals surface area contributed by atoms with Crippen molar-refractivity contribution in [2.75, 3.05) is 0 Å². The number of hydrogen-bond acceptors (Lipinski definition) is 0. The molecule has 0 spiro atoms. The van der Waals surface area contributed by atoms with Crippen molar-refractivity contribution in [2.45, 2.75) is 111 Å². The summed E-state index contributed by atoms with van der Waals surface area (Å²) in [5.74, 6) is 26.7. The van der Waals surface area contributed by atoms with Gasteiger partial charge in [0.1, 0.15) is 0 Å². The van der Waals surface area contributed by atoms with Crippen LogP contribution in [0, 0.1) is 158 Å². The first-order valence-corrected chi connectivity index (χ1v) is 47.1. The van der Waals surface area contributed by atoms with E-state index in [1.54, 1.807) is 0 Å². The molecule has 20 aromatic carbocycles. The zero-order chi connectivity index (χ0) is 94.6. The molecule has 0 aliphatic heterocycles. The predicted molar refractivity (Wildman–Crippen MR) is 593 cm³/mol. The topological polar surface area (TPSA) is 0 Å². The molecule has 20 rings (SSSR count). The molecule has 0 aliphatic carbocycles. The second-order valence-corrected chi connectivity index (χ2v) is 36.7. The first-order valence-electron chi connectivity index (χ1n) is 47.1. The monoisotopic (exact) mass is 1740 g/mol. The summed E-state index contributed by atoms with van der Waals surface area (Å²) in [6.45, 7) is 34.7. The molecule has 136 heavy (non-hydrogen) atoms. The molecule has 0 aliphatic rings. The lowest BCUT2D eigenvalue weighted by molar-refractivity contribution is 1.41. The Morgan fingerprint density at radius 3 is 0.397 bits per heavy atom. The van der Waals surface area contributed by atoms with Gasteiger partial charge < -0.3 is 0 Å². The number of aryl methyl sites for hydroxylation is 16. The van der Waals surface area contributed by atoms with Gasteiger partial charge in [-0.15, -0.1) is 0 Å². The van der Waals surface area contributed by atoms with Gasteiger partial charge in [0.15, 0.2) is 0 Å². The van der Waals surface area contributed by atoms with Crippen LogP contribution in [0.4, 0.5) is 0 Å². The van der Waals surface area contributed by atoms with Crippen LogP contribution in [0.15, 0.2) is 340 Å². The molecule has 0 nitrogen and oxygen atoms in total. The van der Waals surface area contributed by atoms with Gasteiger partial charge in [0.05, 0.1) is 0 Å². The summed E-state index contributed by atoms with van der Waals surface area (Å²) in [6, 6.07) is 122. The number of hydrogen-bond donors (Lipinski definition) is 0. The molecule has 0 bridgehead atoms. The summed E-state index contributed by atoms with van der Waals surface area (Å²) in [4.78, 5) is 0. The van der Waals surface area contributed by atoms with E-state index in [4.69, 9.17) is 0 Å². The van der Waals surface area contributed by atoms with Gasteiger partial charge in [-0.2, -0.15) is 0 Å². The normalized spacial score (nSPS) is 11.2. The Hall–Kier alpha value is -16.3. The quantitative estimate of drug-likeness (QED) is 0.0808. The van der Waals surface area contributed by atoms with E-state index in [0.29, 0.717) is 0 Å². The van der Waals surface area contributed by atoms with Crippen LogP contribution in [-0.2, 0) is 0 Å². The average Bonchev–Trinajstić information content (AvgIpc) is 0.767. The Morgan fingerprint density at radius 1 is 0.110 bits per heavy atom. The number of fused-ring (bicyclic) bond motifs is 12. The second kappa shape index (κ2) is 41.2. The van der Waals surface area contributed by atoms with E-state index >= 15 is 0 Å². The van der Waals surface area contributed by atoms with E-state index in [0.717, 1.165) is 44.5 Å². The van der Waals surface area contributed by atoms with Crippen molar-refractivity contribution in [2.24, 2.45) is 0 Å². The zero-order valence-electron chi connectivity index (χ0n) is 81.0. The first kappa shape index (κ1) is 91.6. The molecule has 0 heteroatoms. The fourth-order valence-electron chi connectivity index (χ4n) is 17.8. The van der Waals surface area contributed by atoms with E-state index in [1.165, 1.54) is 220 Å². The SMILES string of the molecule is Cc1ccc(/C=C/c2ccc3c(C)c(C)c4ccc(/C=C/c5ccc(C)cc5)cc4c3c2)cc1.Cc1ccc(/C=C/c2ccc3c(C)c(C)c4ccc(/C=C/c5ccc(C)cc5)cc4c3c2)cc1.Cc1ccc(C#Cc2ccc3c(C)c(C)c4ccc(C#Cc5ccc(C)cc5)cc4c3c2)cc1.Cc1ccc(C#Cc2ccc3c(C)c(C)c4ccc(C#Cc5ccc(C)cc5)cc4c3c2)cc1. The highest BCUT2D eigenvalue weighted by Gasteiger charge is 2.16. The molecule has 0 radical (unpaired) electrons. The standard InChI is InChI=1S/2C34H30.2C34H26/c4*1-23-5-9-27(10-6-23)13-15-29-17-19-31-25(3)26(4)32-20-18-30(22-34(32)33(31)21-29)16-14-28-11-7-24(2)8-12-28/h2*5-22H,1-4H3;2*5-12,17-22H,1-4H3/b2*15-13+,16-14+;;. The lowest BCUT2D eigenvalue weighted by atomic mass is 9.91. The summed E-state index contributed by atoms with van der Waals surface area (Å²) >= 11 is 0. The van der Waals surface area contributed by atoms with Crippen LogP contribution >= 0.6 is 0 Å². The Morgan fingerprint density at radius 2 is 0.228 bits per heavy atom. The van der Waals surface area contributed by atoms with Crippen LogP contribution in [0.2, 0.25) is 0 Å². The fourth-order valence-corrected chi connectivity index (χ4v) is 17.8. The third-order valence-electron chi connectivity index (χ3n) is 26.7. The third-order valence-corrected chi connectivity index (χ3v) is 26.7. The van der Waals surface area contributed by atoms with E-state index in [-0.39, 0.29) is 0 Å². The maximum Gasteiger partial charge on any atom is 0.0255 e. The molecule has 0 unspecified atom stereocenters. The van der Waals surface area contributed by atoms with Crippen LogP contribution in [0.5, 0.6) is 0 Å². The summed E-state index contributed by atoms with van der Waals surface area (Å²) in [6.07, 6.45) is 17.6. The lowest BCUT2D eigenvalue weighted by Crippen LogP contribution is -1.90. The smallest absolute Gasteiger partial charge is 0.0255 e. The van der Waals surface area contributed by atoms with Crippen molar-refractivity contribution >= 4 is 135 Å². The van der Waals surface area contributed by atoms with Crippen molar-refractivity contribution in [1.29, 1.82) is 0 Å². The van der Waals surface area contributed by atoms with Gasteiger partial charge in [0, 0.05) is 44.5 Å². The number of benzene rings is 20. The molecule has 0 atom stereocenters. The van der Waals surface area contributed by atoms with Crippen molar-refractivity contribution in [3.05, 3.63) is 518 Å². The van der Waals surface area contributed by atoms with Gasteiger partial charge in [-0.3, -0.25) is 0 Å². The highest BCUT2D eigenvalue weighted by atomic mass is 14.2. The molecular formula is C136H112. The molecule has 0 amide bonds. The highest BCUT2D eigenvalue weighted by molar-refractivity contribution is 6.15. The Labute approximate surface area is 804 Å². The van der Waals surface area contributed by atoms with Gasteiger partial charge in [-0.05, 0) is 407 Å². The predicted octanol–water partition coefficient (Wildman–Crippen LogP) is 35.2. The minimum Gasteiger partial charge on any atom is -0.0617 e. The van der Waals surface area contributed by atoms with Crippen LogP contribution in [0.25, 0.3) is 135 Å². The fraction of sp³-hybridized carbons (Fsp3) is 0.118. The van der Waals surface area contributed by atoms with Gasteiger partial charge >= 0.3 is 0 Å². The summed E-state index contributed by atoms with van der Waals surface area (Å²) in [5, 5.41) is 20.6. The number of rotatable bonds is 8. The molecule has 0 heterocycles. The average molecular weight is 1750 g/mol. The Kier molecular flexibility index (Phi) is 27.8. The van der Waals surface area contributed by atoms with Crippen molar-refractivity contribution < 1.29 is 0 Å². The zero-order valence-corrected chi connectivity index (χ0v) is 81.0. The van der Waals surface area contributed by atoms with E-state index < -0.39 is 0 Å². The molecule has 656 valence electrons. The molecular weight excluding hydrogens is 1630 g/mol. The molecule has 0 N–H and O–H groups in total. The second-order valence-electron chi connectivity index (χ2n) is 36.7. The lowest BCUT2D eigenvalue weighted by Gasteiger charge is -2.13. The van der Waals surface area contributed by atoms with E-state index in [1.807, 2.05) is 0 Å².